The zero-order valence-electron chi connectivity index (χ0n) is 9.54. The average molecular weight is 251 g/mol. The minimum atomic E-state index is -4.18. The maximum absolute atomic E-state index is 11.1. The van der Waals surface area contributed by atoms with Gasteiger partial charge in [0.2, 0.25) is 0 Å². The molecule has 0 aromatic heterocycles. The van der Waals surface area contributed by atoms with Crippen LogP contribution in [0.1, 0.15) is 20.3 Å². The van der Waals surface area contributed by atoms with Gasteiger partial charge in [0.05, 0.1) is 0 Å². The summed E-state index contributed by atoms with van der Waals surface area (Å²) >= 11 is 0. The zero-order chi connectivity index (χ0) is 12.8. The Morgan fingerprint density at radius 2 is 1.88 bits per heavy atom. The molecule has 0 saturated heterocycles. The first-order valence-corrected chi connectivity index (χ1v) is 6.68. The van der Waals surface area contributed by atoms with Crippen molar-refractivity contribution in [2.45, 2.75) is 25.8 Å². The van der Waals surface area contributed by atoms with Crippen molar-refractivity contribution in [1.29, 1.82) is 0 Å². The van der Waals surface area contributed by atoms with Crippen LogP contribution in [0.25, 0.3) is 0 Å². The molecule has 0 heterocycles. The molecular weight excluding hydrogens is 233 g/mol. The van der Waals surface area contributed by atoms with Gasteiger partial charge in [0.15, 0.2) is 0 Å². The van der Waals surface area contributed by atoms with E-state index in [1.54, 1.807) is 0 Å². The second-order valence-electron chi connectivity index (χ2n) is 3.95. The van der Waals surface area contributed by atoms with Gasteiger partial charge in [0.1, 0.15) is 0 Å². The molecule has 0 saturated carbocycles. The molecule has 0 spiro atoms. The van der Waals surface area contributed by atoms with Crippen molar-refractivity contribution in [2.75, 3.05) is 19.7 Å². The Hall–Kier alpha value is -0.305. The van der Waals surface area contributed by atoms with Gasteiger partial charge in [-0.1, -0.05) is 0 Å². The van der Waals surface area contributed by atoms with Crippen LogP contribution in [0.4, 0.5) is 0 Å². The monoisotopic (exact) mass is 251 g/mol. The van der Waals surface area contributed by atoms with Gasteiger partial charge in [-0.15, -0.1) is 0 Å². The molecule has 16 heavy (non-hydrogen) atoms. The van der Waals surface area contributed by atoms with Gasteiger partial charge in [-0.3, -0.25) is 0 Å². The Morgan fingerprint density at radius 1 is 1.31 bits per heavy atom. The summed E-state index contributed by atoms with van der Waals surface area (Å²) in [7, 11) is -4.18. The van der Waals surface area contributed by atoms with Crippen LogP contribution in [0.5, 0.6) is 0 Å². The Kier molecular flexibility index (Phi) is 6.97. The van der Waals surface area contributed by atoms with Crippen molar-refractivity contribution in [3.8, 4) is 0 Å². The van der Waals surface area contributed by atoms with E-state index >= 15 is 0 Å². The van der Waals surface area contributed by atoms with Crippen LogP contribution in [-0.2, 0) is 14.4 Å². The van der Waals surface area contributed by atoms with Crippen molar-refractivity contribution in [1.82, 2.24) is 4.90 Å². The van der Waals surface area contributed by atoms with E-state index in [-0.39, 0.29) is 19.6 Å². The third-order valence-electron chi connectivity index (χ3n) is 2.12. The first-order valence-electron chi connectivity index (χ1n) is 5.07. The summed E-state index contributed by atoms with van der Waals surface area (Å²) in [5.41, 5.74) is -1.86. The molecule has 6 nitrogen and oxygen atoms in total. The third-order valence-corrected chi connectivity index (χ3v) is 3.28. The van der Waals surface area contributed by atoms with E-state index < -0.39 is 15.2 Å². The molecule has 1 atom stereocenters. The van der Waals surface area contributed by atoms with Crippen LogP contribution in [0.2, 0.25) is 0 Å². The molecule has 0 radical (unpaired) electrons. The van der Waals surface area contributed by atoms with Crippen molar-refractivity contribution >= 4 is 16.1 Å². The van der Waals surface area contributed by atoms with Crippen LogP contribution in [0.3, 0.4) is 0 Å². The molecular formula is C8H18BNO5S. The number of hydrogen-bond donors (Lipinski definition) is 2. The molecule has 0 aromatic rings. The summed E-state index contributed by atoms with van der Waals surface area (Å²) in [6.45, 7) is 3.96. The molecule has 2 N–H and O–H groups in total. The molecule has 0 aromatic carbocycles. The Balaban J connectivity index is 4.58. The average Bonchev–Trinajstić information content (AvgIpc) is 2.22. The number of hydrogen-bond acceptors (Lipinski definition) is 6. The number of aliphatic hydroxyl groups excluding tert-OH is 2. The molecule has 8 heteroatoms. The molecule has 0 aliphatic carbocycles. The van der Waals surface area contributed by atoms with Gasteiger partial charge >= 0.3 is 95.8 Å². The van der Waals surface area contributed by atoms with Crippen molar-refractivity contribution in [2.24, 2.45) is 5.92 Å². The first-order chi connectivity index (χ1) is 7.35. The van der Waals surface area contributed by atoms with Gasteiger partial charge < -0.3 is 0 Å². The normalized spacial score (nSPS) is 14.1. The summed E-state index contributed by atoms with van der Waals surface area (Å²) in [6, 6.07) is 0. The van der Waals surface area contributed by atoms with E-state index in [4.69, 9.17) is 5.11 Å². The summed E-state index contributed by atoms with van der Waals surface area (Å²) in [5, 5.41) is 18.2. The molecule has 1 unspecified atom stereocenters. The standard InChI is InChI=1S/C8H18BNO5S/c1-7(2)3-4-10(5-6-11)8(12)16(14,15)9-13/h7-8,11-12H,3-6H2,1-2H3. The predicted molar refractivity (Wildman–Crippen MR) is 59.5 cm³/mol. The SMILES string of the molecule is CC(C)CCN(CCO)C(O)S(=O)(=O)B=O. The predicted octanol–water partition coefficient (Wildman–Crippen LogP) is -1.02. The fourth-order valence-electron chi connectivity index (χ4n) is 1.14. The van der Waals surface area contributed by atoms with Gasteiger partial charge in [0, 0.05) is 0 Å². The van der Waals surface area contributed by atoms with E-state index in [0.717, 1.165) is 0 Å². The quantitative estimate of drug-likeness (QED) is 0.423. The van der Waals surface area contributed by atoms with E-state index in [1.165, 1.54) is 4.90 Å². The fraction of sp³-hybridized carbons (Fsp3) is 1.00. The van der Waals surface area contributed by atoms with Crippen LogP contribution >= 0.6 is 0 Å². The molecule has 94 valence electrons. The Labute approximate surface area is 96.3 Å². The summed E-state index contributed by atoms with van der Waals surface area (Å²) in [6.07, 6.45) is 0.406. The van der Waals surface area contributed by atoms with Crippen LogP contribution in [0, 0.1) is 5.92 Å². The van der Waals surface area contributed by atoms with E-state index in [9.17, 15) is 18.2 Å². The van der Waals surface area contributed by atoms with Gasteiger partial charge in [-0.05, 0) is 0 Å². The zero-order valence-corrected chi connectivity index (χ0v) is 10.4. The van der Waals surface area contributed by atoms with Crippen LogP contribution < -0.4 is 0 Å². The fourth-order valence-corrected chi connectivity index (χ4v) is 1.87. The van der Waals surface area contributed by atoms with E-state index in [2.05, 4.69) is 0 Å². The van der Waals surface area contributed by atoms with Crippen molar-refractivity contribution in [3.05, 3.63) is 0 Å². The molecule has 0 aliphatic heterocycles. The molecule has 0 amide bonds. The van der Waals surface area contributed by atoms with Crippen LogP contribution in [-0.4, -0.2) is 55.2 Å². The number of nitrogens with zero attached hydrogens (tertiary/aromatic N) is 1. The number of rotatable bonds is 8. The van der Waals surface area contributed by atoms with Crippen LogP contribution in [0.15, 0.2) is 0 Å². The Morgan fingerprint density at radius 3 is 2.25 bits per heavy atom. The van der Waals surface area contributed by atoms with Crippen molar-refractivity contribution in [3.63, 3.8) is 0 Å². The maximum atomic E-state index is 11.1. The van der Waals surface area contributed by atoms with Gasteiger partial charge in [0.25, 0.3) is 0 Å². The number of aliphatic hydroxyl groups is 2. The first kappa shape index (κ1) is 15.7. The Bertz CT molecular complexity index is 306. The third kappa shape index (κ3) is 5.15. The van der Waals surface area contributed by atoms with E-state index in [1.807, 2.05) is 13.8 Å². The van der Waals surface area contributed by atoms with Gasteiger partial charge in [-0.2, -0.15) is 0 Å². The van der Waals surface area contributed by atoms with E-state index in [0.29, 0.717) is 18.9 Å². The molecule has 0 fully saturated rings. The summed E-state index contributed by atoms with van der Waals surface area (Å²) in [4.78, 5) is 1.17. The topological polar surface area (TPSA) is 94.9 Å². The molecule has 0 aliphatic rings. The molecule has 0 bridgehead atoms. The van der Waals surface area contributed by atoms with Crippen molar-refractivity contribution < 1.29 is 23.3 Å². The summed E-state index contributed by atoms with van der Waals surface area (Å²) < 4.78 is 32.5. The van der Waals surface area contributed by atoms with Gasteiger partial charge in [-0.25, -0.2) is 0 Å². The second kappa shape index (κ2) is 7.11. The molecule has 0 rings (SSSR count). The minimum absolute atomic E-state index is 0.0148. The second-order valence-corrected chi connectivity index (χ2v) is 5.75. The summed E-state index contributed by atoms with van der Waals surface area (Å²) in [5.74, 6) is 0.340.